The first kappa shape index (κ1) is 16.7. The largest absolute Gasteiger partial charge is 0.497 e. The van der Waals surface area contributed by atoms with Crippen LogP contribution < -0.4 is 10.1 Å². The number of aryl methyl sites for hydroxylation is 1. The van der Waals surface area contributed by atoms with E-state index < -0.39 is 0 Å². The summed E-state index contributed by atoms with van der Waals surface area (Å²) in [7, 11) is 1.62. The number of aromatic nitrogens is 1. The van der Waals surface area contributed by atoms with Gasteiger partial charge in [0.05, 0.1) is 34.3 Å². The molecule has 0 spiro atoms. The Hall–Kier alpha value is -2.11. The fraction of sp³-hybridized carbons (Fsp3) is 0.222. The molecule has 1 N–H and O–H groups in total. The summed E-state index contributed by atoms with van der Waals surface area (Å²) in [6.07, 6.45) is 0. The zero-order valence-electron chi connectivity index (χ0n) is 13.6. The first-order valence-corrected chi connectivity index (χ1v) is 8.69. The second kappa shape index (κ2) is 6.79. The van der Waals surface area contributed by atoms with Gasteiger partial charge in [-0.3, -0.25) is 9.78 Å². The molecular weight excluding hydrogens is 344 g/mol. The monoisotopic (exact) mass is 360 g/mol. The van der Waals surface area contributed by atoms with Gasteiger partial charge in [0.25, 0.3) is 5.91 Å². The van der Waals surface area contributed by atoms with E-state index in [2.05, 4.69) is 10.3 Å². The number of amides is 1. The predicted molar refractivity (Wildman–Crippen MR) is 98.2 cm³/mol. The van der Waals surface area contributed by atoms with Gasteiger partial charge in [0, 0.05) is 10.3 Å². The van der Waals surface area contributed by atoms with Gasteiger partial charge in [-0.05, 0) is 50.2 Å². The van der Waals surface area contributed by atoms with Crippen LogP contribution in [0.3, 0.4) is 0 Å². The van der Waals surface area contributed by atoms with Crippen molar-refractivity contribution in [2.24, 2.45) is 0 Å². The van der Waals surface area contributed by atoms with Gasteiger partial charge in [0.1, 0.15) is 5.75 Å². The zero-order valence-corrected chi connectivity index (χ0v) is 15.2. The van der Waals surface area contributed by atoms with E-state index in [0.29, 0.717) is 15.6 Å². The molecule has 24 heavy (non-hydrogen) atoms. The van der Waals surface area contributed by atoms with Crippen molar-refractivity contribution in [1.29, 1.82) is 0 Å². The molecule has 0 aliphatic rings. The number of thiophene rings is 1. The number of pyridine rings is 1. The van der Waals surface area contributed by atoms with Crippen LogP contribution in [0.25, 0.3) is 10.9 Å². The molecule has 0 saturated heterocycles. The summed E-state index contributed by atoms with van der Waals surface area (Å²) < 4.78 is 5.95. The summed E-state index contributed by atoms with van der Waals surface area (Å²) >= 11 is 7.42. The van der Waals surface area contributed by atoms with Gasteiger partial charge in [-0.1, -0.05) is 11.6 Å². The Bertz CT molecular complexity index is 907. The smallest absolute Gasteiger partial charge is 0.253 e. The lowest BCUT2D eigenvalue weighted by Crippen LogP contribution is -2.27. The van der Waals surface area contributed by atoms with E-state index in [1.54, 1.807) is 7.11 Å². The Balaban J connectivity index is 1.89. The van der Waals surface area contributed by atoms with E-state index in [1.807, 2.05) is 50.2 Å². The van der Waals surface area contributed by atoms with Crippen molar-refractivity contribution in [2.45, 2.75) is 19.9 Å². The Morgan fingerprint density at radius 1 is 1.29 bits per heavy atom. The minimum atomic E-state index is -0.151. The predicted octanol–water partition coefficient (Wildman–Crippen LogP) is 4.76. The number of rotatable bonds is 4. The van der Waals surface area contributed by atoms with Crippen molar-refractivity contribution < 1.29 is 9.53 Å². The maximum atomic E-state index is 12.6. The van der Waals surface area contributed by atoms with Crippen LogP contribution in [0.5, 0.6) is 5.75 Å². The first-order valence-electron chi connectivity index (χ1n) is 7.49. The average Bonchev–Trinajstić information content (AvgIpc) is 3.00. The molecular formula is C18H17ClN2O2S. The molecule has 1 amide bonds. The molecule has 1 atom stereocenters. The Morgan fingerprint density at radius 2 is 2.08 bits per heavy atom. The molecule has 1 unspecified atom stereocenters. The molecule has 3 rings (SSSR count). The molecule has 6 heteroatoms. The van der Waals surface area contributed by atoms with Crippen LogP contribution in [-0.2, 0) is 0 Å². The number of fused-ring (bicyclic) bond motifs is 1. The highest BCUT2D eigenvalue weighted by Gasteiger charge is 2.16. The third-order valence-electron chi connectivity index (χ3n) is 3.83. The first-order chi connectivity index (χ1) is 11.5. The van der Waals surface area contributed by atoms with Gasteiger partial charge in [-0.2, -0.15) is 0 Å². The van der Waals surface area contributed by atoms with Crippen molar-refractivity contribution in [1.82, 2.24) is 10.3 Å². The number of halogens is 1. The van der Waals surface area contributed by atoms with Gasteiger partial charge in [0.15, 0.2) is 0 Å². The number of ether oxygens (including phenoxy) is 1. The summed E-state index contributed by atoms with van der Waals surface area (Å²) in [5, 5.41) is 3.87. The molecule has 1 aromatic carbocycles. The van der Waals surface area contributed by atoms with Gasteiger partial charge >= 0.3 is 0 Å². The number of nitrogens with zero attached hydrogens (tertiary/aromatic N) is 1. The summed E-state index contributed by atoms with van der Waals surface area (Å²) in [4.78, 5) is 18.2. The number of carbonyl (C=O) groups is 1. The van der Waals surface area contributed by atoms with E-state index in [4.69, 9.17) is 16.3 Å². The molecule has 3 aromatic rings. The van der Waals surface area contributed by atoms with Crippen molar-refractivity contribution in [2.75, 3.05) is 7.11 Å². The highest BCUT2D eigenvalue weighted by molar-refractivity contribution is 7.16. The number of carbonyl (C=O) groups excluding carboxylic acids is 1. The molecule has 124 valence electrons. The second-order valence-electron chi connectivity index (χ2n) is 5.52. The number of benzene rings is 1. The van der Waals surface area contributed by atoms with Crippen molar-refractivity contribution in [3.8, 4) is 5.75 Å². The van der Waals surface area contributed by atoms with Crippen LogP contribution >= 0.6 is 22.9 Å². The summed E-state index contributed by atoms with van der Waals surface area (Å²) in [6.45, 7) is 3.78. The lowest BCUT2D eigenvalue weighted by molar-refractivity contribution is 0.0939. The standard InChI is InChI=1S/C18H17ClN2O2S/c1-10-14(9-12-8-13(23-3)4-5-15(12)20-10)18(22)21-11(2)16-6-7-17(19)24-16/h4-9,11H,1-3H3,(H,21,22). The van der Waals surface area contributed by atoms with Crippen LogP contribution in [0.2, 0.25) is 4.34 Å². The van der Waals surface area contributed by atoms with Crippen molar-refractivity contribution >= 4 is 39.7 Å². The van der Waals surface area contributed by atoms with Crippen LogP contribution in [0.4, 0.5) is 0 Å². The lowest BCUT2D eigenvalue weighted by atomic mass is 10.1. The number of hydrogen-bond donors (Lipinski definition) is 1. The Morgan fingerprint density at radius 3 is 2.75 bits per heavy atom. The molecule has 0 saturated carbocycles. The molecule has 2 aromatic heterocycles. The van der Waals surface area contributed by atoms with E-state index >= 15 is 0 Å². The van der Waals surface area contributed by atoms with Gasteiger partial charge in [0.2, 0.25) is 0 Å². The fourth-order valence-corrected chi connectivity index (χ4v) is 3.58. The van der Waals surface area contributed by atoms with E-state index in [0.717, 1.165) is 21.5 Å². The average molecular weight is 361 g/mol. The maximum Gasteiger partial charge on any atom is 0.253 e. The fourth-order valence-electron chi connectivity index (χ4n) is 2.51. The summed E-state index contributed by atoms with van der Waals surface area (Å²) in [5.41, 5.74) is 2.09. The summed E-state index contributed by atoms with van der Waals surface area (Å²) in [5.74, 6) is 0.586. The third kappa shape index (κ3) is 3.37. The van der Waals surface area contributed by atoms with Gasteiger partial charge in [-0.15, -0.1) is 11.3 Å². The topological polar surface area (TPSA) is 51.2 Å². The molecule has 2 heterocycles. The second-order valence-corrected chi connectivity index (χ2v) is 7.26. The van der Waals surface area contributed by atoms with Crippen LogP contribution in [0, 0.1) is 6.92 Å². The maximum absolute atomic E-state index is 12.6. The van der Waals surface area contributed by atoms with Gasteiger partial charge in [-0.25, -0.2) is 0 Å². The molecule has 4 nitrogen and oxygen atoms in total. The molecule has 0 fully saturated rings. The Kier molecular flexibility index (Phi) is 4.73. The SMILES string of the molecule is COc1ccc2nc(C)c(C(=O)NC(C)c3ccc(Cl)s3)cc2c1. The van der Waals surface area contributed by atoms with E-state index in [9.17, 15) is 4.79 Å². The minimum Gasteiger partial charge on any atom is -0.497 e. The number of nitrogens with one attached hydrogen (secondary N) is 1. The zero-order chi connectivity index (χ0) is 17.3. The third-order valence-corrected chi connectivity index (χ3v) is 5.24. The van der Waals surface area contributed by atoms with E-state index in [-0.39, 0.29) is 11.9 Å². The van der Waals surface area contributed by atoms with Crippen molar-refractivity contribution in [3.05, 3.63) is 56.9 Å². The molecule has 0 radical (unpaired) electrons. The van der Waals surface area contributed by atoms with E-state index in [1.165, 1.54) is 11.3 Å². The van der Waals surface area contributed by atoms with Crippen molar-refractivity contribution in [3.63, 3.8) is 0 Å². The molecule has 0 aliphatic heterocycles. The quantitative estimate of drug-likeness (QED) is 0.729. The highest BCUT2D eigenvalue weighted by Crippen LogP contribution is 2.27. The lowest BCUT2D eigenvalue weighted by Gasteiger charge is -2.14. The minimum absolute atomic E-state index is 0.115. The number of hydrogen-bond acceptors (Lipinski definition) is 4. The highest BCUT2D eigenvalue weighted by atomic mass is 35.5. The van der Waals surface area contributed by atoms with Crippen LogP contribution in [0.1, 0.15) is 33.9 Å². The molecule has 0 bridgehead atoms. The van der Waals surface area contributed by atoms with Crippen LogP contribution in [0.15, 0.2) is 36.4 Å². The van der Waals surface area contributed by atoms with Crippen LogP contribution in [-0.4, -0.2) is 18.0 Å². The Labute approximate surface area is 149 Å². The summed E-state index contributed by atoms with van der Waals surface area (Å²) in [6, 6.07) is 11.1. The number of methoxy groups -OCH3 is 1. The normalized spacial score (nSPS) is 12.2. The molecule has 0 aliphatic carbocycles. The van der Waals surface area contributed by atoms with Gasteiger partial charge < -0.3 is 10.1 Å².